The lowest BCUT2D eigenvalue weighted by Crippen LogP contribution is -2.20. The van der Waals surface area contributed by atoms with Gasteiger partial charge in [-0.3, -0.25) is 0 Å². The Hall–Kier alpha value is -0.630. The van der Waals surface area contributed by atoms with E-state index in [1.807, 2.05) is 0 Å². The fraction of sp³-hybridized carbons (Fsp3) is 0.455. The largest absolute Gasteiger partial charge is 0.275 e. The van der Waals surface area contributed by atoms with Crippen LogP contribution in [0.4, 0.5) is 8.78 Å². The van der Waals surface area contributed by atoms with Crippen molar-refractivity contribution in [2.24, 2.45) is 5.92 Å². The highest BCUT2D eigenvalue weighted by Crippen LogP contribution is 2.35. The van der Waals surface area contributed by atoms with Gasteiger partial charge in [0, 0.05) is 17.4 Å². The highest BCUT2D eigenvalue weighted by atomic mass is 35.5. The Bertz CT molecular complexity index is 308. The van der Waals surface area contributed by atoms with Gasteiger partial charge in [-0.1, -0.05) is 32.0 Å². The second-order valence-corrected chi connectivity index (χ2v) is 3.88. The number of rotatable bonds is 3. The summed E-state index contributed by atoms with van der Waals surface area (Å²) in [7, 11) is 0. The van der Waals surface area contributed by atoms with Crippen molar-refractivity contribution >= 4 is 11.6 Å². The van der Waals surface area contributed by atoms with Gasteiger partial charge in [0.05, 0.1) is 0 Å². The number of hydrogen-bond acceptors (Lipinski definition) is 0. The molecule has 1 rings (SSSR count). The van der Waals surface area contributed by atoms with Crippen molar-refractivity contribution in [2.75, 3.05) is 0 Å². The molecule has 78 valence electrons. The smallest absolute Gasteiger partial charge is 0.201 e. The Kier molecular flexibility index (Phi) is 3.48. The first-order valence-corrected chi connectivity index (χ1v) is 5.05. The van der Waals surface area contributed by atoms with Crippen molar-refractivity contribution in [3.05, 3.63) is 35.4 Å². The molecule has 0 saturated heterocycles. The van der Waals surface area contributed by atoms with E-state index in [2.05, 4.69) is 0 Å². The minimum absolute atomic E-state index is 0.0469. The molecule has 0 aliphatic carbocycles. The summed E-state index contributed by atoms with van der Waals surface area (Å²) in [5, 5.41) is 0. The van der Waals surface area contributed by atoms with Gasteiger partial charge in [-0.15, -0.1) is 11.6 Å². The third kappa shape index (κ3) is 2.24. The Morgan fingerprint density at radius 1 is 1.36 bits per heavy atom. The molecule has 0 amide bonds. The molecule has 3 heteroatoms. The molecular formula is C11H13ClF2. The molecule has 0 bridgehead atoms. The van der Waals surface area contributed by atoms with Gasteiger partial charge in [0.1, 0.15) is 0 Å². The summed E-state index contributed by atoms with van der Waals surface area (Å²) in [5.74, 6) is -3.21. The number of alkyl halides is 3. The zero-order chi connectivity index (χ0) is 10.8. The van der Waals surface area contributed by atoms with E-state index in [-0.39, 0.29) is 11.4 Å². The average molecular weight is 219 g/mol. The summed E-state index contributed by atoms with van der Waals surface area (Å²) in [5.41, 5.74) is 0.773. The van der Waals surface area contributed by atoms with Crippen LogP contribution >= 0.6 is 11.6 Å². The Morgan fingerprint density at radius 2 is 2.00 bits per heavy atom. The lowest BCUT2D eigenvalue weighted by molar-refractivity contribution is -0.0514. The van der Waals surface area contributed by atoms with Crippen LogP contribution in [0.15, 0.2) is 24.3 Å². The molecule has 0 atom stereocenters. The van der Waals surface area contributed by atoms with Gasteiger partial charge in [0.25, 0.3) is 5.92 Å². The van der Waals surface area contributed by atoms with Gasteiger partial charge in [-0.25, -0.2) is 8.78 Å². The fourth-order valence-corrected chi connectivity index (χ4v) is 1.36. The first-order valence-electron chi connectivity index (χ1n) is 4.51. The van der Waals surface area contributed by atoms with Crippen molar-refractivity contribution in [1.82, 2.24) is 0 Å². The zero-order valence-corrected chi connectivity index (χ0v) is 8.98. The van der Waals surface area contributed by atoms with Gasteiger partial charge < -0.3 is 0 Å². The predicted octanol–water partition coefficient (Wildman–Crippen LogP) is 4.17. The van der Waals surface area contributed by atoms with E-state index in [1.165, 1.54) is 26.0 Å². The highest BCUT2D eigenvalue weighted by molar-refractivity contribution is 6.17. The lowest BCUT2D eigenvalue weighted by atomic mass is 9.97. The van der Waals surface area contributed by atoms with E-state index in [9.17, 15) is 8.78 Å². The van der Waals surface area contributed by atoms with Crippen molar-refractivity contribution in [2.45, 2.75) is 25.7 Å². The number of hydrogen-bond donors (Lipinski definition) is 0. The van der Waals surface area contributed by atoms with E-state index < -0.39 is 11.8 Å². The van der Waals surface area contributed by atoms with Crippen LogP contribution in [0.5, 0.6) is 0 Å². The topological polar surface area (TPSA) is 0 Å². The molecule has 14 heavy (non-hydrogen) atoms. The van der Waals surface area contributed by atoms with Crippen LogP contribution in [-0.2, 0) is 11.8 Å². The average Bonchev–Trinajstić information content (AvgIpc) is 2.17. The van der Waals surface area contributed by atoms with Crippen molar-refractivity contribution in [3.63, 3.8) is 0 Å². The van der Waals surface area contributed by atoms with Crippen LogP contribution in [-0.4, -0.2) is 0 Å². The summed E-state index contributed by atoms with van der Waals surface area (Å²) in [6, 6.07) is 6.26. The third-order valence-corrected chi connectivity index (χ3v) is 2.50. The van der Waals surface area contributed by atoms with Crippen LogP contribution in [0.2, 0.25) is 0 Å². The lowest BCUT2D eigenvalue weighted by Gasteiger charge is -2.21. The number of halogens is 3. The molecule has 0 nitrogen and oxygen atoms in total. The molecule has 0 aliphatic heterocycles. The summed E-state index contributed by atoms with van der Waals surface area (Å²) in [6.45, 7) is 3.01. The van der Waals surface area contributed by atoms with E-state index >= 15 is 0 Å². The Morgan fingerprint density at radius 3 is 2.50 bits per heavy atom. The van der Waals surface area contributed by atoms with Gasteiger partial charge in [0.15, 0.2) is 0 Å². The molecule has 0 heterocycles. The molecule has 0 aliphatic rings. The fourth-order valence-electron chi connectivity index (χ4n) is 1.20. The van der Waals surface area contributed by atoms with E-state index in [0.717, 1.165) is 5.56 Å². The normalized spacial score (nSPS) is 12.1. The Labute approximate surface area is 87.9 Å². The molecule has 0 saturated carbocycles. The molecule has 1 aromatic rings. The monoisotopic (exact) mass is 218 g/mol. The summed E-state index contributed by atoms with van der Waals surface area (Å²) in [6.07, 6.45) is 0. The molecule has 0 unspecified atom stereocenters. The minimum Gasteiger partial charge on any atom is -0.201 e. The van der Waals surface area contributed by atoms with Crippen LogP contribution in [0.3, 0.4) is 0 Å². The first kappa shape index (κ1) is 11.4. The standard InChI is InChI=1S/C11H13ClF2/c1-8(2)11(13,14)10-5-3-4-9(6-10)7-12/h3-6,8H,7H2,1-2H3. The summed E-state index contributed by atoms with van der Waals surface area (Å²) < 4.78 is 27.1. The maximum absolute atomic E-state index is 13.6. The Balaban J connectivity index is 3.06. The SMILES string of the molecule is CC(C)C(F)(F)c1cccc(CCl)c1. The summed E-state index contributed by atoms with van der Waals surface area (Å²) in [4.78, 5) is 0. The number of benzene rings is 1. The molecule has 1 aromatic carbocycles. The molecule has 0 fully saturated rings. The molecular weight excluding hydrogens is 206 g/mol. The van der Waals surface area contributed by atoms with Crippen LogP contribution in [0.25, 0.3) is 0 Å². The van der Waals surface area contributed by atoms with Crippen LogP contribution in [0.1, 0.15) is 25.0 Å². The van der Waals surface area contributed by atoms with E-state index in [0.29, 0.717) is 0 Å². The maximum Gasteiger partial charge on any atom is 0.275 e. The zero-order valence-electron chi connectivity index (χ0n) is 8.23. The second-order valence-electron chi connectivity index (χ2n) is 3.61. The first-order chi connectivity index (χ1) is 6.48. The van der Waals surface area contributed by atoms with Crippen molar-refractivity contribution in [3.8, 4) is 0 Å². The molecule has 0 radical (unpaired) electrons. The van der Waals surface area contributed by atoms with Crippen molar-refractivity contribution < 1.29 is 8.78 Å². The van der Waals surface area contributed by atoms with Gasteiger partial charge >= 0.3 is 0 Å². The minimum atomic E-state index is -2.78. The van der Waals surface area contributed by atoms with Gasteiger partial charge in [-0.2, -0.15) is 0 Å². The summed E-state index contributed by atoms with van der Waals surface area (Å²) >= 11 is 5.58. The van der Waals surface area contributed by atoms with E-state index in [4.69, 9.17) is 11.6 Å². The predicted molar refractivity (Wildman–Crippen MR) is 54.7 cm³/mol. The third-order valence-electron chi connectivity index (χ3n) is 2.19. The van der Waals surface area contributed by atoms with E-state index in [1.54, 1.807) is 12.1 Å². The maximum atomic E-state index is 13.6. The van der Waals surface area contributed by atoms with Gasteiger partial charge in [-0.05, 0) is 11.6 Å². The highest BCUT2D eigenvalue weighted by Gasteiger charge is 2.35. The van der Waals surface area contributed by atoms with Gasteiger partial charge in [0.2, 0.25) is 0 Å². The molecule has 0 spiro atoms. The van der Waals surface area contributed by atoms with Crippen LogP contribution < -0.4 is 0 Å². The second kappa shape index (κ2) is 4.26. The quantitative estimate of drug-likeness (QED) is 0.668. The molecule has 0 aromatic heterocycles. The van der Waals surface area contributed by atoms with Crippen molar-refractivity contribution in [1.29, 1.82) is 0 Å². The molecule has 0 N–H and O–H groups in total. The van der Waals surface area contributed by atoms with Crippen LogP contribution in [0, 0.1) is 5.92 Å².